The Balaban J connectivity index is 1.83. The van der Waals surface area contributed by atoms with Gasteiger partial charge >= 0.3 is 5.95 Å². The first-order valence-corrected chi connectivity index (χ1v) is 7.89. The van der Waals surface area contributed by atoms with E-state index in [9.17, 15) is 9.90 Å². The van der Waals surface area contributed by atoms with Gasteiger partial charge in [0, 0.05) is 30.6 Å². The van der Waals surface area contributed by atoms with Crippen molar-refractivity contribution in [1.29, 1.82) is 0 Å². The number of anilines is 1. The van der Waals surface area contributed by atoms with Gasteiger partial charge in [-0.05, 0) is 12.0 Å². The van der Waals surface area contributed by atoms with Crippen LogP contribution in [-0.2, 0) is 16.1 Å². The van der Waals surface area contributed by atoms with Crippen LogP contribution in [0, 0.1) is 0 Å². The average molecular weight is 334 g/mol. The van der Waals surface area contributed by atoms with Crippen LogP contribution < -0.4 is 9.47 Å². The lowest BCUT2D eigenvalue weighted by molar-refractivity contribution is -0.682. The molecule has 1 atom stereocenters. The molecule has 1 saturated heterocycles. The molecule has 0 bridgehead atoms. The zero-order valence-corrected chi connectivity index (χ0v) is 13.3. The molecule has 0 spiro atoms. The van der Waals surface area contributed by atoms with Crippen molar-refractivity contribution >= 4 is 11.9 Å². The number of rotatable bonds is 5. The summed E-state index contributed by atoms with van der Waals surface area (Å²) in [4.78, 5) is 23.2. The molecule has 3 rings (SSSR count). The zero-order valence-electron chi connectivity index (χ0n) is 13.3. The molecule has 0 radical (unpaired) electrons. The number of azide groups is 1. The van der Waals surface area contributed by atoms with E-state index >= 15 is 0 Å². The summed E-state index contributed by atoms with van der Waals surface area (Å²) in [6, 6.07) is 1.76. The summed E-state index contributed by atoms with van der Waals surface area (Å²) in [5.74, 6) is 0.183. The second kappa shape index (κ2) is 7.00. The molecule has 0 aromatic carbocycles. The molecular formula is C14H20N7O3+. The second-order valence-electron chi connectivity index (χ2n) is 5.73. The van der Waals surface area contributed by atoms with Crippen molar-refractivity contribution in [2.75, 3.05) is 44.3 Å². The Morgan fingerprint density at radius 1 is 1.54 bits per heavy atom. The summed E-state index contributed by atoms with van der Waals surface area (Å²) in [6.07, 6.45) is 3.92. The van der Waals surface area contributed by atoms with Crippen LogP contribution in [0.4, 0.5) is 5.95 Å². The fraction of sp³-hybridized carbons (Fsp3) is 0.643. The molecule has 128 valence electrons. The van der Waals surface area contributed by atoms with Gasteiger partial charge < -0.3 is 14.7 Å². The molecule has 1 fully saturated rings. The number of fused-ring (bicyclic) bond motifs is 1. The standard InChI is InChI=1S/C14H20N7O3/c15-18-17-4-2-6-21-13-16-3-1-5-20(13)11-14(21,23)12(22)19-7-9-24-10-8-19/h1,3,5,23H,2,4,6-11H2/q+1. The summed E-state index contributed by atoms with van der Waals surface area (Å²) < 4.78 is 7.03. The van der Waals surface area contributed by atoms with Crippen LogP contribution in [0.5, 0.6) is 0 Å². The highest BCUT2D eigenvalue weighted by atomic mass is 16.5. The van der Waals surface area contributed by atoms with E-state index < -0.39 is 5.72 Å². The number of hydrogen-bond acceptors (Lipinski definition) is 6. The van der Waals surface area contributed by atoms with Crippen LogP contribution in [0.1, 0.15) is 6.42 Å². The Morgan fingerprint density at radius 3 is 3.08 bits per heavy atom. The van der Waals surface area contributed by atoms with E-state index in [2.05, 4.69) is 15.0 Å². The van der Waals surface area contributed by atoms with E-state index in [-0.39, 0.29) is 12.5 Å². The van der Waals surface area contributed by atoms with E-state index in [1.807, 2.05) is 0 Å². The Kier molecular flexibility index (Phi) is 4.79. The maximum absolute atomic E-state index is 12.9. The number of carbonyl (C=O) groups is 1. The quantitative estimate of drug-likeness (QED) is 0.254. The van der Waals surface area contributed by atoms with Gasteiger partial charge in [0.05, 0.1) is 26.0 Å². The zero-order chi connectivity index (χ0) is 17.0. The van der Waals surface area contributed by atoms with Crippen LogP contribution in [0.25, 0.3) is 10.4 Å². The monoisotopic (exact) mass is 334 g/mol. The molecule has 1 N–H and O–H groups in total. The van der Waals surface area contributed by atoms with Gasteiger partial charge in [-0.3, -0.25) is 4.79 Å². The Labute approximate surface area is 138 Å². The lowest BCUT2D eigenvalue weighted by atomic mass is 10.1. The highest BCUT2D eigenvalue weighted by molar-refractivity contribution is 5.87. The fourth-order valence-corrected chi connectivity index (χ4v) is 3.06. The number of carbonyl (C=O) groups excluding carboxylic acids is 1. The normalized spacial score (nSPS) is 22.9. The smallest absolute Gasteiger partial charge is 0.378 e. The van der Waals surface area contributed by atoms with Crippen LogP contribution in [0.2, 0.25) is 0 Å². The molecule has 10 heteroatoms. The number of aliphatic hydroxyl groups is 1. The molecular weight excluding hydrogens is 314 g/mol. The lowest BCUT2D eigenvalue weighted by Gasteiger charge is -2.34. The average Bonchev–Trinajstić information content (AvgIpc) is 2.91. The first-order chi connectivity index (χ1) is 11.7. The van der Waals surface area contributed by atoms with Crippen molar-refractivity contribution in [3.8, 4) is 0 Å². The van der Waals surface area contributed by atoms with E-state index in [1.54, 1.807) is 32.8 Å². The van der Waals surface area contributed by atoms with Crippen LogP contribution in [0.15, 0.2) is 23.6 Å². The van der Waals surface area contributed by atoms with E-state index in [0.29, 0.717) is 51.8 Å². The molecule has 1 unspecified atom stereocenters. The van der Waals surface area contributed by atoms with Gasteiger partial charge in [-0.2, -0.15) is 0 Å². The third-order valence-electron chi connectivity index (χ3n) is 4.22. The number of hydrogen-bond donors (Lipinski definition) is 1. The SMILES string of the molecule is [N-]=[N+]=NCCCN1c2nccc[n+]2CC1(O)C(=O)N1CCOCC1. The van der Waals surface area contributed by atoms with Crippen molar-refractivity contribution in [3.05, 3.63) is 28.9 Å². The Morgan fingerprint density at radius 2 is 2.33 bits per heavy atom. The van der Waals surface area contributed by atoms with Crippen LogP contribution in [-0.4, -0.2) is 66.0 Å². The first-order valence-electron chi connectivity index (χ1n) is 7.89. The summed E-state index contributed by atoms with van der Waals surface area (Å²) in [5.41, 5.74) is 6.70. The molecule has 1 amide bonds. The van der Waals surface area contributed by atoms with Crippen LogP contribution >= 0.6 is 0 Å². The minimum absolute atomic E-state index is 0.119. The van der Waals surface area contributed by atoms with Crippen molar-refractivity contribution in [3.63, 3.8) is 0 Å². The van der Waals surface area contributed by atoms with Gasteiger partial charge in [0.25, 0.3) is 11.6 Å². The number of aromatic nitrogens is 2. The summed E-state index contributed by atoms with van der Waals surface area (Å²) in [5, 5.41) is 14.7. The van der Waals surface area contributed by atoms with Gasteiger partial charge in [0.15, 0.2) is 0 Å². The Bertz CT molecular complexity index is 658. The number of ether oxygens (including phenoxy) is 1. The van der Waals surface area contributed by atoms with Gasteiger partial charge in [-0.15, -0.1) is 0 Å². The minimum atomic E-state index is -1.69. The van der Waals surface area contributed by atoms with Gasteiger partial charge in [-0.25, -0.2) is 9.47 Å². The number of nitrogens with zero attached hydrogens (tertiary/aromatic N) is 7. The topological polar surface area (TPSA) is 119 Å². The van der Waals surface area contributed by atoms with E-state index in [4.69, 9.17) is 10.3 Å². The maximum Gasteiger partial charge on any atom is 0.396 e. The number of morpholine rings is 1. The van der Waals surface area contributed by atoms with Crippen molar-refractivity contribution in [1.82, 2.24) is 9.88 Å². The lowest BCUT2D eigenvalue weighted by Crippen LogP contribution is -2.61. The predicted molar refractivity (Wildman–Crippen MR) is 82.8 cm³/mol. The maximum atomic E-state index is 12.9. The van der Waals surface area contributed by atoms with Gasteiger partial charge in [0.1, 0.15) is 12.7 Å². The molecule has 0 saturated carbocycles. The summed E-state index contributed by atoms with van der Waals surface area (Å²) in [6.45, 7) is 2.64. The van der Waals surface area contributed by atoms with E-state index in [1.165, 1.54) is 0 Å². The second-order valence-corrected chi connectivity index (χ2v) is 5.73. The van der Waals surface area contributed by atoms with Gasteiger partial charge in [-0.1, -0.05) is 10.1 Å². The van der Waals surface area contributed by atoms with Crippen molar-refractivity contribution in [2.45, 2.75) is 18.7 Å². The number of amides is 1. The molecule has 10 nitrogen and oxygen atoms in total. The van der Waals surface area contributed by atoms with E-state index in [0.717, 1.165) is 0 Å². The van der Waals surface area contributed by atoms with Crippen molar-refractivity contribution < 1.29 is 19.2 Å². The molecule has 0 aliphatic carbocycles. The molecule has 3 heterocycles. The molecule has 2 aliphatic heterocycles. The highest BCUT2D eigenvalue weighted by Gasteiger charge is 2.57. The largest absolute Gasteiger partial charge is 0.396 e. The fourth-order valence-electron chi connectivity index (χ4n) is 3.06. The highest BCUT2D eigenvalue weighted by Crippen LogP contribution is 2.27. The third-order valence-corrected chi connectivity index (χ3v) is 4.22. The molecule has 1 aromatic heterocycles. The summed E-state index contributed by atoms with van der Waals surface area (Å²) >= 11 is 0. The Hall–Kier alpha value is -2.42. The van der Waals surface area contributed by atoms with Crippen LogP contribution in [0.3, 0.4) is 0 Å². The molecule has 2 aliphatic rings. The van der Waals surface area contributed by atoms with Crippen molar-refractivity contribution in [2.24, 2.45) is 5.11 Å². The predicted octanol–water partition coefficient (Wildman–Crippen LogP) is -0.563. The summed E-state index contributed by atoms with van der Waals surface area (Å²) in [7, 11) is 0. The third kappa shape index (κ3) is 2.99. The van der Waals surface area contributed by atoms with Gasteiger partial charge in [0.2, 0.25) is 0 Å². The first kappa shape index (κ1) is 16.4. The minimum Gasteiger partial charge on any atom is -0.378 e. The molecule has 24 heavy (non-hydrogen) atoms. The molecule has 1 aromatic rings.